The molecule has 1 aromatic heterocycles. The van der Waals surface area contributed by atoms with Crippen LogP contribution in [0.4, 0.5) is 14.9 Å². The van der Waals surface area contributed by atoms with E-state index >= 15 is 4.39 Å². The van der Waals surface area contributed by atoms with Gasteiger partial charge in [0.2, 0.25) is 5.43 Å². The number of amides is 2. The SMILES string of the molecule is Cc1ccc(/C(CN2CCN(c3cc4c(cc3F)c(=O)c(C(=O)O)cn4C3CC3)CC2)=N\NC(N)=O)cc1. The molecule has 0 atom stereocenters. The summed E-state index contributed by atoms with van der Waals surface area (Å²) in [6.45, 7) is 4.76. The van der Waals surface area contributed by atoms with E-state index < -0.39 is 23.2 Å². The molecule has 198 valence electrons. The van der Waals surface area contributed by atoms with Gasteiger partial charge < -0.3 is 20.3 Å². The fourth-order valence-electron chi connectivity index (χ4n) is 4.83. The van der Waals surface area contributed by atoms with Gasteiger partial charge >= 0.3 is 12.0 Å². The smallest absolute Gasteiger partial charge is 0.341 e. The predicted octanol–water partition coefficient (Wildman–Crippen LogP) is 2.68. The molecule has 2 aromatic carbocycles. The third-order valence-electron chi connectivity index (χ3n) is 7.04. The zero-order valence-corrected chi connectivity index (χ0v) is 21.0. The minimum atomic E-state index is -1.31. The number of carbonyl (C=O) groups excluding carboxylic acids is 1. The molecule has 0 spiro atoms. The summed E-state index contributed by atoms with van der Waals surface area (Å²) in [5, 5.41) is 13.7. The minimum Gasteiger partial charge on any atom is -0.477 e. The average molecular weight is 521 g/mol. The van der Waals surface area contributed by atoms with E-state index in [2.05, 4.69) is 15.4 Å². The fraction of sp³-hybridized carbons (Fsp3) is 0.333. The van der Waals surface area contributed by atoms with E-state index in [0.29, 0.717) is 49.6 Å². The molecule has 0 unspecified atom stereocenters. The Bertz CT molecular complexity index is 1490. The van der Waals surface area contributed by atoms with Gasteiger partial charge in [-0.1, -0.05) is 29.8 Å². The van der Waals surface area contributed by atoms with Crippen molar-refractivity contribution in [2.75, 3.05) is 37.6 Å². The fourth-order valence-corrected chi connectivity index (χ4v) is 4.83. The van der Waals surface area contributed by atoms with E-state index in [1.165, 1.54) is 12.3 Å². The lowest BCUT2D eigenvalue weighted by Crippen LogP contribution is -2.48. The highest BCUT2D eigenvalue weighted by Gasteiger charge is 2.28. The Balaban J connectivity index is 1.37. The second kappa shape index (κ2) is 10.3. The van der Waals surface area contributed by atoms with Crippen molar-refractivity contribution >= 4 is 34.3 Å². The molecule has 1 saturated carbocycles. The van der Waals surface area contributed by atoms with Crippen LogP contribution in [-0.2, 0) is 0 Å². The van der Waals surface area contributed by atoms with Crippen LogP contribution in [0.1, 0.15) is 40.4 Å². The number of fused-ring (bicyclic) bond motifs is 1. The number of primary amides is 1. The van der Waals surface area contributed by atoms with E-state index in [1.807, 2.05) is 36.1 Å². The monoisotopic (exact) mass is 520 g/mol. The number of anilines is 1. The van der Waals surface area contributed by atoms with Crippen molar-refractivity contribution in [1.29, 1.82) is 0 Å². The maximum atomic E-state index is 15.3. The molecule has 0 bridgehead atoms. The lowest BCUT2D eigenvalue weighted by molar-refractivity contribution is 0.0694. The Kier molecular flexibility index (Phi) is 6.85. The Morgan fingerprint density at radius 1 is 1.13 bits per heavy atom. The van der Waals surface area contributed by atoms with Gasteiger partial charge in [-0.05, 0) is 37.5 Å². The summed E-state index contributed by atoms with van der Waals surface area (Å²) >= 11 is 0. The number of halogens is 1. The number of carbonyl (C=O) groups is 2. The van der Waals surface area contributed by atoms with Crippen LogP contribution >= 0.6 is 0 Å². The van der Waals surface area contributed by atoms with Gasteiger partial charge in [0.15, 0.2) is 0 Å². The van der Waals surface area contributed by atoms with E-state index in [1.54, 1.807) is 10.6 Å². The largest absolute Gasteiger partial charge is 0.477 e. The number of aromatic nitrogens is 1. The molecular formula is C27H29FN6O4. The Hall–Kier alpha value is -4.25. The number of pyridine rings is 1. The second-order valence-corrected chi connectivity index (χ2v) is 9.80. The van der Waals surface area contributed by atoms with E-state index in [9.17, 15) is 19.5 Å². The molecule has 4 N–H and O–H groups in total. The van der Waals surface area contributed by atoms with E-state index in [4.69, 9.17) is 5.73 Å². The quantitative estimate of drug-likeness (QED) is 0.324. The molecule has 2 amide bonds. The van der Waals surface area contributed by atoms with Gasteiger partial charge in [0, 0.05) is 50.3 Å². The first-order chi connectivity index (χ1) is 18.2. The normalized spacial score (nSPS) is 16.6. The van der Waals surface area contributed by atoms with Gasteiger partial charge in [-0.2, -0.15) is 5.10 Å². The summed E-state index contributed by atoms with van der Waals surface area (Å²) in [6.07, 6.45) is 3.16. The molecule has 1 aliphatic heterocycles. The van der Waals surface area contributed by atoms with Gasteiger partial charge in [-0.15, -0.1) is 0 Å². The van der Waals surface area contributed by atoms with Gasteiger partial charge in [0.1, 0.15) is 11.4 Å². The number of urea groups is 1. The maximum Gasteiger partial charge on any atom is 0.341 e. The van der Waals surface area contributed by atoms with Crippen molar-refractivity contribution < 1.29 is 19.1 Å². The maximum absolute atomic E-state index is 15.3. The first-order valence-electron chi connectivity index (χ1n) is 12.5. The number of aromatic carboxylic acids is 1. The van der Waals surface area contributed by atoms with Crippen LogP contribution < -0.4 is 21.5 Å². The number of hydrogen-bond acceptors (Lipinski definition) is 6. The Morgan fingerprint density at radius 2 is 1.82 bits per heavy atom. The number of benzene rings is 2. The summed E-state index contributed by atoms with van der Waals surface area (Å²) in [5.41, 5.74) is 10.1. The zero-order chi connectivity index (χ0) is 27.0. The zero-order valence-electron chi connectivity index (χ0n) is 21.0. The van der Waals surface area contributed by atoms with Crippen LogP contribution in [0.5, 0.6) is 0 Å². The summed E-state index contributed by atoms with van der Waals surface area (Å²) in [6, 6.07) is 10.0. The van der Waals surface area contributed by atoms with Crippen LogP contribution in [0.15, 0.2) is 52.5 Å². The van der Waals surface area contributed by atoms with Crippen molar-refractivity contribution in [3.05, 3.63) is 75.3 Å². The van der Waals surface area contributed by atoms with Gasteiger partial charge in [-0.25, -0.2) is 19.4 Å². The minimum absolute atomic E-state index is 0.0811. The van der Waals surface area contributed by atoms with Gasteiger partial charge in [0.25, 0.3) is 0 Å². The number of aryl methyl sites for hydroxylation is 1. The molecule has 1 saturated heterocycles. The van der Waals surface area contributed by atoms with Crippen LogP contribution in [0.25, 0.3) is 10.9 Å². The van der Waals surface area contributed by atoms with E-state index in [-0.39, 0.29) is 17.0 Å². The molecule has 11 heteroatoms. The number of hydrogen-bond donors (Lipinski definition) is 3. The standard InChI is InChI=1S/C27H29FN6O4/c1-16-2-4-17(5-3-16)22(30-31-27(29)38)15-32-8-10-33(11-9-32)24-13-23-19(12-21(24)28)25(35)20(26(36)37)14-34(23)18-6-7-18/h2-5,12-14,18H,6-11,15H2,1H3,(H,36,37)(H3,29,31,38)/b30-22-. The summed E-state index contributed by atoms with van der Waals surface area (Å²) in [5.74, 6) is -1.87. The van der Waals surface area contributed by atoms with Gasteiger partial charge in [0.05, 0.1) is 16.9 Å². The van der Waals surface area contributed by atoms with Crippen molar-refractivity contribution in [3.8, 4) is 0 Å². The summed E-state index contributed by atoms with van der Waals surface area (Å²) in [7, 11) is 0. The van der Waals surface area contributed by atoms with Crippen LogP contribution in [0.3, 0.4) is 0 Å². The van der Waals surface area contributed by atoms with Crippen molar-refractivity contribution in [1.82, 2.24) is 14.9 Å². The first-order valence-corrected chi connectivity index (χ1v) is 12.5. The molecule has 2 aliphatic rings. The topological polar surface area (TPSA) is 133 Å². The van der Waals surface area contributed by atoms with Crippen LogP contribution in [-0.4, -0.2) is 65.0 Å². The van der Waals surface area contributed by atoms with Crippen LogP contribution in [0, 0.1) is 12.7 Å². The number of hydrazone groups is 1. The highest BCUT2D eigenvalue weighted by atomic mass is 19.1. The highest BCUT2D eigenvalue weighted by molar-refractivity contribution is 6.02. The third kappa shape index (κ3) is 5.23. The third-order valence-corrected chi connectivity index (χ3v) is 7.04. The number of nitrogens with one attached hydrogen (secondary N) is 1. The second-order valence-electron chi connectivity index (χ2n) is 9.80. The van der Waals surface area contributed by atoms with Crippen molar-refractivity contribution in [3.63, 3.8) is 0 Å². The lowest BCUT2D eigenvalue weighted by Gasteiger charge is -2.36. The first kappa shape index (κ1) is 25.4. The number of rotatable bonds is 7. The molecule has 2 heterocycles. The lowest BCUT2D eigenvalue weighted by atomic mass is 10.1. The molecule has 3 aromatic rings. The number of piperazine rings is 1. The van der Waals surface area contributed by atoms with Crippen LogP contribution in [0.2, 0.25) is 0 Å². The highest BCUT2D eigenvalue weighted by Crippen LogP contribution is 2.38. The molecular weight excluding hydrogens is 491 g/mol. The molecule has 2 fully saturated rings. The number of nitrogens with two attached hydrogens (primary N) is 1. The van der Waals surface area contributed by atoms with E-state index in [0.717, 1.165) is 24.0 Å². The number of carboxylic acids is 1. The molecule has 0 radical (unpaired) electrons. The average Bonchev–Trinajstić information content (AvgIpc) is 3.73. The predicted molar refractivity (Wildman–Crippen MR) is 142 cm³/mol. The number of nitrogens with zero attached hydrogens (tertiary/aromatic N) is 4. The molecule has 38 heavy (non-hydrogen) atoms. The Labute approximate surface area is 218 Å². The Morgan fingerprint density at radius 3 is 2.42 bits per heavy atom. The molecule has 1 aliphatic carbocycles. The number of carboxylic acid groups (broad SMARTS) is 1. The van der Waals surface area contributed by atoms with Crippen molar-refractivity contribution in [2.45, 2.75) is 25.8 Å². The molecule has 5 rings (SSSR count). The molecule has 10 nitrogen and oxygen atoms in total. The van der Waals surface area contributed by atoms with Crippen molar-refractivity contribution in [2.24, 2.45) is 10.8 Å². The summed E-state index contributed by atoms with van der Waals surface area (Å²) < 4.78 is 17.1. The summed E-state index contributed by atoms with van der Waals surface area (Å²) in [4.78, 5) is 39.7. The van der Waals surface area contributed by atoms with Gasteiger partial charge in [-0.3, -0.25) is 9.69 Å².